The number of amides is 1. The van der Waals surface area contributed by atoms with Crippen LogP contribution in [0.5, 0.6) is 0 Å². The Labute approximate surface area is 351 Å². The molecule has 1 amide bonds. The number of halogens is 1. The molecule has 3 saturated heterocycles. The number of benzene rings is 1. The summed E-state index contributed by atoms with van der Waals surface area (Å²) in [6.45, 7) is 15.0. The van der Waals surface area contributed by atoms with Gasteiger partial charge in [0.2, 0.25) is 11.7 Å². The third-order valence-corrected chi connectivity index (χ3v) is 13.1. The molecule has 1 unspecified atom stereocenters. The summed E-state index contributed by atoms with van der Waals surface area (Å²) in [6.07, 6.45) is -2.73. The van der Waals surface area contributed by atoms with E-state index in [0.29, 0.717) is 48.8 Å². The van der Waals surface area contributed by atoms with Crippen LogP contribution in [0.2, 0.25) is 5.02 Å². The van der Waals surface area contributed by atoms with Crippen molar-refractivity contribution in [2.24, 2.45) is 28.8 Å². The van der Waals surface area contributed by atoms with E-state index in [-0.39, 0.29) is 30.5 Å². The lowest BCUT2D eigenvalue weighted by Gasteiger charge is -2.49. The van der Waals surface area contributed by atoms with Crippen molar-refractivity contribution in [3.05, 3.63) is 35.2 Å². The number of Topliss-reactive ketones (excluding diaryl/α,β-unsaturated/α-hetero) is 1. The highest BCUT2D eigenvalue weighted by Crippen LogP contribution is 2.46. The van der Waals surface area contributed by atoms with Crippen LogP contribution in [0, 0.1) is 23.7 Å². The number of hydrogen-bond donors (Lipinski definition) is 1. The second-order valence-electron chi connectivity index (χ2n) is 17.4. The molecule has 1 aromatic carbocycles. The molecule has 1 aromatic heterocycles. The lowest BCUT2D eigenvalue weighted by molar-refractivity contribution is -0.295. The van der Waals surface area contributed by atoms with Gasteiger partial charge in [0.15, 0.2) is 17.7 Å². The van der Waals surface area contributed by atoms with Gasteiger partial charge in [-0.1, -0.05) is 44.5 Å². The number of hydrazone groups is 1. The molecule has 3 fully saturated rings. The number of ether oxygens (including phenoxy) is 5. The second kappa shape index (κ2) is 17.7. The lowest BCUT2D eigenvalue weighted by Crippen LogP contribution is -2.63. The van der Waals surface area contributed by atoms with Gasteiger partial charge in [-0.3, -0.25) is 9.59 Å². The van der Waals surface area contributed by atoms with Gasteiger partial charge in [0.25, 0.3) is 0 Å². The van der Waals surface area contributed by atoms with Gasteiger partial charge in [-0.15, -0.1) is 0 Å². The molecule has 1 N–H and O–H groups in total. The summed E-state index contributed by atoms with van der Waals surface area (Å²) in [6, 6.07) is 6.26. The minimum absolute atomic E-state index is 0.240. The smallest absolute Gasteiger partial charge is 0.431 e. The molecule has 0 aliphatic carbocycles. The second-order valence-corrected chi connectivity index (χ2v) is 17.8. The zero-order valence-electron chi connectivity index (χ0n) is 36.1. The number of hydrazine groups is 1. The van der Waals surface area contributed by atoms with Crippen molar-refractivity contribution in [2.45, 2.75) is 141 Å². The van der Waals surface area contributed by atoms with Gasteiger partial charge in [-0.05, 0) is 97.7 Å². The predicted molar refractivity (Wildman–Crippen MR) is 217 cm³/mol. The van der Waals surface area contributed by atoms with E-state index in [0.717, 1.165) is 11.3 Å². The molecule has 6 rings (SSSR count). The largest absolute Gasteiger partial charge is 0.457 e. The number of aryl methyl sites for hydroxylation is 1. The average molecular weight is 845 g/mol. The molecule has 2 bridgehead atoms. The summed E-state index contributed by atoms with van der Waals surface area (Å²) in [4.78, 5) is 48.8. The number of aliphatic hydroxyl groups is 1. The summed E-state index contributed by atoms with van der Waals surface area (Å²) >= 11 is 6.06. The highest BCUT2D eigenvalue weighted by Gasteiger charge is 2.63. The number of carbonyl (C=O) groups excluding carboxylic acids is 3. The van der Waals surface area contributed by atoms with Gasteiger partial charge >= 0.3 is 12.1 Å². The number of carbonyl (C=O) groups is 3. The third kappa shape index (κ3) is 8.76. The van der Waals surface area contributed by atoms with Crippen LogP contribution in [0.3, 0.4) is 0 Å². The standard InChI is InChI=1S/C42H61ClN6O10/c1-12-30-42(8)35-24(4)32(45-48(49(35)40(53)58-42)19-13-14-31-44-37(46-59-31)27-15-17-28(43)18-16-27)22(2)21-41(7,54-11)36(25(5)33(50)26(6)38(52)56-30)57-39-34(51)29(47(9)10)20-23(3)55-39/h15-18,22-26,29-30,34-36,39,51H,12-14,19-21H2,1-11H3/t22-,23+,24+,25+,26-,29-,30-,34+,35-,36-,39-,41?,42-/m1/s1. The van der Waals surface area contributed by atoms with Crippen LogP contribution in [-0.2, 0) is 39.7 Å². The van der Waals surface area contributed by atoms with Gasteiger partial charge in [-0.25, -0.2) is 4.79 Å². The minimum atomic E-state index is -1.30. The van der Waals surface area contributed by atoms with E-state index in [1.165, 1.54) is 11.9 Å². The summed E-state index contributed by atoms with van der Waals surface area (Å²) in [5, 5.41) is 24.6. The van der Waals surface area contributed by atoms with Gasteiger partial charge in [0.1, 0.15) is 24.2 Å². The number of aromatic nitrogens is 2. The molecule has 5 heterocycles. The van der Waals surface area contributed by atoms with Crippen LogP contribution in [0.15, 0.2) is 33.9 Å². The van der Waals surface area contributed by atoms with E-state index < -0.39 is 71.5 Å². The fourth-order valence-electron chi connectivity index (χ4n) is 9.56. The van der Waals surface area contributed by atoms with Gasteiger partial charge in [-0.2, -0.15) is 20.2 Å². The Morgan fingerprint density at radius 3 is 2.39 bits per heavy atom. The fourth-order valence-corrected chi connectivity index (χ4v) is 9.69. The Kier molecular flexibility index (Phi) is 13.5. The molecule has 4 aliphatic heterocycles. The van der Waals surface area contributed by atoms with Crippen molar-refractivity contribution in [2.75, 3.05) is 27.7 Å². The molecule has 326 valence electrons. The maximum Gasteiger partial charge on any atom is 0.431 e. The Balaban J connectivity index is 1.36. The van der Waals surface area contributed by atoms with Crippen molar-refractivity contribution >= 4 is 35.2 Å². The Morgan fingerprint density at radius 2 is 1.75 bits per heavy atom. The molecule has 0 saturated carbocycles. The fraction of sp³-hybridized carbons (Fsp3) is 0.714. The van der Waals surface area contributed by atoms with Gasteiger partial charge in [0, 0.05) is 47.7 Å². The molecule has 2 aromatic rings. The number of ketones is 1. The highest BCUT2D eigenvalue weighted by molar-refractivity contribution is 6.30. The number of fused-ring (bicyclic) bond motifs is 1. The molecule has 16 nitrogen and oxygen atoms in total. The van der Waals surface area contributed by atoms with Gasteiger partial charge in [0.05, 0.1) is 24.4 Å². The molecule has 4 aliphatic rings. The van der Waals surface area contributed by atoms with E-state index in [1.807, 2.05) is 65.7 Å². The van der Waals surface area contributed by atoms with Crippen LogP contribution >= 0.6 is 11.6 Å². The summed E-state index contributed by atoms with van der Waals surface area (Å²) < 4.78 is 37.2. The molecular formula is C42H61ClN6O10. The van der Waals surface area contributed by atoms with E-state index in [2.05, 4.69) is 10.1 Å². The van der Waals surface area contributed by atoms with E-state index in [4.69, 9.17) is 44.9 Å². The zero-order valence-corrected chi connectivity index (χ0v) is 36.8. The van der Waals surface area contributed by atoms with E-state index in [1.54, 1.807) is 38.2 Å². The quantitative estimate of drug-likeness (QED) is 0.233. The SMILES string of the molecule is CC[C@H]1OC(=O)[C@H](C)C(=O)[C@H](C)[C@@H](O[C@H]2O[C@@H](C)C[C@@H](N(C)C)[C@@H]2O)C(C)(OC)C[C@@H](C)C2=NN(CCCc3nc(-c4ccc(Cl)cc4)no3)N3C(=O)O[C@@]1(C)[C@H]3[C@H]2C. The molecule has 13 atom stereocenters. The van der Waals surface area contributed by atoms with Crippen molar-refractivity contribution in [1.82, 2.24) is 25.2 Å². The summed E-state index contributed by atoms with van der Waals surface area (Å²) in [5.41, 5.74) is -0.936. The van der Waals surface area contributed by atoms with Crippen molar-refractivity contribution < 1.29 is 47.7 Å². The number of aliphatic hydroxyl groups excluding tert-OH is 1. The van der Waals surface area contributed by atoms with Crippen LogP contribution in [-0.4, -0.2) is 136 Å². The number of hydrogen-bond acceptors (Lipinski definition) is 15. The number of likely N-dealkylation sites (N-methyl/N-ethyl adjacent to an activating group) is 1. The minimum Gasteiger partial charge on any atom is -0.457 e. The maximum absolute atomic E-state index is 14.4. The number of cyclic esters (lactones) is 1. The number of methoxy groups -OCH3 is 1. The Bertz CT molecular complexity index is 1860. The number of esters is 1. The first kappa shape index (κ1) is 44.9. The first-order chi connectivity index (χ1) is 27.8. The normalized spacial score (nSPS) is 36.9. The highest BCUT2D eigenvalue weighted by atomic mass is 35.5. The van der Waals surface area contributed by atoms with Crippen molar-refractivity contribution in [3.8, 4) is 11.4 Å². The first-order valence-electron chi connectivity index (χ1n) is 20.7. The summed E-state index contributed by atoms with van der Waals surface area (Å²) in [5.74, 6) is -3.05. The first-order valence-corrected chi connectivity index (χ1v) is 21.1. The lowest BCUT2D eigenvalue weighted by atomic mass is 9.73. The molecule has 0 radical (unpaired) electrons. The predicted octanol–water partition coefficient (Wildman–Crippen LogP) is 5.54. The topological polar surface area (TPSA) is 179 Å². The number of nitrogens with zero attached hydrogens (tertiary/aromatic N) is 6. The van der Waals surface area contributed by atoms with Crippen LogP contribution < -0.4 is 0 Å². The Morgan fingerprint density at radius 1 is 1.05 bits per heavy atom. The van der Waals surface area contributed by atoms with Crippen molar-refractivity contribution in [1.29, 1.82) is 0 Å². The van der Waals surface area contributed by atoms with Crippen LogP contribution in [0.25, 0.3) is 11.4 Å². The van der Waals surface area contributed by atoms with Crippen molar-refractivity contribution in [3.63, 3.8) is 0 Å². The van der Waals surface area contributed by atoms with E-state index in [9.17, 15) is 19.5 Å². The van der Waals surface area contributed by atoms with Crippen LogP contribution in [0.4, 0.5) is 4.79 Å². The summed E-state index contributed by atoms with van der Waals surface area (Å²) in [7, 11) is 5.35. The maximum atomic E-state index is 14.4. The Hall–Kier alpha value is -3.67. The van der Waals surface area contributed by atoms with Crippen LogP contribution in [0.1, 0.15) is 87.0 Å². The zero-order chi connectivity index (χ0) is 43.1. The van der Waals surface area contributed by atoms with Gasteiger partial charge < -0.3 is 38.2 Å². The average Bonchev–Trinajstić information content (AvgIpc) is 3.78. The van der Waals surface area contributed by atoms with E-state index >= 15 is 0 Å². The number of rotatable bonds is 10. The third-order valence-electron chi connectivity index (χ3n) is 12.9. The molecular weight excluding hydrogens is 784 g/mol. The monoisotopic (exact) mass is 844 g/mol. The molecule has 59 heavy (non-hydrogen) atoms. The molecule has 17 heteroatoms. The molecule has 0 spiro atoms.